The van der Waals surface area contributed by atoms with Crippen molar-refractivity contribution in [2.75, 3.05) is 33.0 Å². The Hall–Kier alpha value is -3.76. The van der Waals surface area contributed by atoms with Gasteiger partial charge in [-0.2, -0.15) is 13.2 Å². The molecule has 1 N–H and O–H groups in total. The summed E-state index contributed by atoms with van der Waals surface area (Å²) in [5, 5.41) is 2.95. The zero-order valence-electron chi connectivity index (χ0n) is 21.3. The van der Waals surface area contributed by atoms with Gasteiger partial charge in [0.05, 0.1) is 5.56 Å². The Labute approximate surface area is 224 Å². The number of nitrogens with zero attached hydrogens (tertiary/aromatic N) is 2. The van der Waals surface area contributed by atoms with Gasteiger partial charge in [-0.05, 0) is 80.5 Å². The van der Waals surface area contributed by atoms with Gasteiger partial charge in [0, 0.05) is 37.3 Å². The first-order valence-electron chi connectivity index (χ1n) is 13.2. The van der Waals surface area contributed by atoms with E-state index in [0.717, 1.165) is 31.4 Å². The van der Waals surface area contributed by atoms with E-state index in [1.165, 1.54) is 12.1 Å². The Morgan fingerprint density at radius 1 is 0.821 bits per heavy atom. The van der Waals surface area contributed by atoms with Gasteiger partial charge < -0.3 is 24.6 Å². The summed E-state index contributed by atoms with van der Waals surface area (Å²) in [5.41, 5.74) is -0.279. The molecule has 0 spiro atoms. The summed E-state index contributed by atoms with van der Waals surface area (Å²) in [6.07, 6.45) is -0.650. The molecule has 39 heavy (non-hydrogen) atoms. The maximum Gasteiger partial charge on any atom is 0.416 e. The summed E-state index contributed by atoms with van der Waals surface area (Å²) in [5.74, 6) is -0.0584. The predicted octanol–water partition coefficient (Wildman–Crippen LogP) is 4.10. The van der Waals surface area contributed by atoms with E-state index in [9.17, 15) is 27.6 Å². The van der Waals surface area contributed by atoms with Crippen molar-refractivity contribution in [2.45, 2.75) is 44.3 Å². The molecule has 3 aliphatic rings. The molecule has 3 heterocycles. The van der Waals surface area contributed by atoms with Gasteiger partial charge in [-0.15, -0.1) is 0 Å². The number of hydrogen-bond donors (Lipinski definition) is 1. The molecule has 208 valence electrons. The maximum atomic E-state index is 13.6. The lowest BCUT2D eigenvalue weighted by molar-refractivity contribution is -0.137. The SMILES string of the molecule is O=C(NC(C(=O)N1CCCCC1)C1CCN(C(=O)c2ccc(C(F)(F)F)cc2)CC1)c1ccc2c(c1)OCO2. The summed E-state index contributed by atoms with van der Waals surface area (Å²) in [4.78, 5) is 43.1. The molecule has 8 nitrogen and oxygen atoms in total. The van der Waals surface area contributed by atoms with Gasteiger partial charge in [-0.3, -0.25) is 14.4 Å². The smallest absolute Gasteiger partial charge is 0.416 e. The largest absolute Gasteiger partial charge is 0.454 e. The molecule has 2 aromatic rings. The molecule has 0 radical (unpaired) electrons. The van der Waals surface area contributed by atoms with Gasteiger partial charge in [-0.25, -0.2) is 0 Å². The van der Waals surface area contributed by atoms with Crippen LogP contribution in [0.25, 0.3) is 0 Å². The van der Waals surface area contributed by atoms with Crippen molar-refractivity contribution in [1.29, 1.82) is 0 Å². The van der Waals surface area contributed by atoms with Crippen molar-refractivity contribution >= 4 is 17.7 Å². The number of alkyl halides is 3. The third-order valence-corrected chi connectivity index (χ3v) is 7.61. The van der Waals surface area contributed by atoms with Crippen LogP contribution in [-0.4, -0.2) is 66.5 Å². The Kier molecular flexibility index (Phi) is 7.67. The van der Waals surface area contributed by atoms with Crippen LogP contribution in [0.1, 0.15) is 58.4 Å². The van der Waals surface area contributed by atoms with E-state index >= 15 is 0 Å². The summed E-state index contributed by atoms with van der Waals surface area (Å²) in [7, 11) is 0. The monoisotopic (exact) mass is 545 g/mol. The number of ether oxygens (including phenoxy) is 2. The lowest BCUT2D eigenvalue weighted by atomic mass is 9.87. The molecule has 5 rings (SSSR count). The Balaban J connectivity index is 1.27. The van der Waals surface area contributed by atoms with Crippen molar-refractivity contribution < 1.29 is 37.0 Å². The van der Waals surface area contributed by atoms with E-state index in [-0.39, 0.29) is 30.1 Å². The zero-order valence-corrected chi connectivity index (χ0v) is 21.3. The first-order valence-corrected chi connectivity index (χ1v) is 13.2. The number of benzene rings is 2. The molecular formula is C28H30F3N3O5. The summed E-state index contributed by atoms with van der Waals surface area (Å²) < 4.78 is 49.3. The van der Waals surface area contributed by atoms with Crippen LogP contribution in [0.5, 0.6) is 11.5 Å². The molecule has 1 unspecified atom stereocenters. The second kappa shape index (κ2) is 11.2. The topological polar surface area (TPSA) is 88.2 Å². The van der Waals surface area contributed by atoms with Gasteiger partial charge in [0.1, 0.15) is 6.04 Å². The number of rotatable bonds is 5. The molecule has 0 aliphatic carbocycles. The quantitative estimate of drug-likeness (QED) is 0.612. The van der Waals surface area contributed by atoms with Crippen molar-refractivity contribution in [3.05, 3.63) is 59.2 Å². The second-order valence-electron chi connectivity index (χ2n) is 10.1. The van der Waals surface area contributed by atoms with Crippen LogP contribution in [0.4, 0.5) is 13.2 Å². The lowest BCUT2D eigenvalue weighted by Gasteiger charge is -2.38. The van der Waals surface area contributed by atoms with Crippen LogP contribution in [0.2, 0.25) is 0 Å². The molecule has 1 atom stereocenters. The van der Waals surface area contributed by atoms with Crippen molar-refractivity contribution in [1.82, 2.24) is 15.1 Å². The maximum absolute atomic E-state index is 13.6. The summed E-state index contributed by atoms with van der Waals surface area (Å²) in [6, 6.07) is 8.28. The van der Waals surface area contributed by atoms with E-state index in [4.69, 9.17) is 9.47 Å². The highest BCUT2D eigenvalue weighted by Crippen LogP contribution is 2.33. The highest BCUT2D eigenvalue weighted by Gasteiger charge is 2.37. The molecule has 2 fully saturated rings. The highest BCUT2D eigenvalue weighted by molar-refractivity contribution is 5.98. The fourth-order valence-corrected chi connectivity index (χ4v) is 5.37. The highest BCUT2D eigenvalue weighted by atomic mass is 19.4. The summed E-state index contributed by atoms with van der Waals surface area (Å²) in [6.45, 7) is 2.02. The number of amides is 3. The van der Waals surface area contributed by atoms with Crippen LogP contribution in [-0.2, 0) is 11.0 Å². The third-order valence-electron chi connectivity index (χ3n) is 7.61. The first kappa shape index (κ1) is 26.8. The fraction of sp³-hybridized carbons (Fsp3) is 0.464. The van der Waals surface area contributed by atoms with Gasteiger partial charge in [0.25, 0.3) is 11.8 Å². The molecule has 11 heteroatoms. The van der Waals surface area contributed by atoms with Crippen molar-refractivity contribution in [2.24, 2.45) is 5.92 Å². The number of carbonyl (C=O) groups excluding carboxylic acids is 3. The lowest BCUT2D eigenvalue weighted by Crippen LogP contribution is -2.55. The van der Waals surface area contributed by atoms with Crippen molar-refractivity contribution in [3.63, 3.8) is 0 Å². The van der Waals surface area contributed by atoms with Crippen molar-refractivity contribution in [3.8, 4) is 11.5 Å². The predicted molar refractivity (Wildman–Crippen MR) is 134 cm³/mol. The number of likely N-dealkylation sites (tertiary alicyclic amines) is 2. The number of hydrogen-bond acceptors (Lipinski definition) is 5. The fourth-order valence-electron chi connectivity index (χ4n) is 5.37. The zero-order chi connectivity index (χ0) is 27.6. The minimum atomic E-state index is -4.47. The molecule has 0 aromatic heterocycles. The van der Waals surface area contributed by atoms with Gasteiger partial charge in [0.15, 0.2) is 11.5 Å². The first-order chi connectivity index (χ1) is 18.7. The van der Waals surface area contributed by atoms with Crippen LogP contribution in [0.15, 0.2) is 42.5 Å². The van der Waals surface area contributed by atoms with Gasteiger partial charge in [-0.1, -0.05) is 0 Å². The molecule has 2 saturated heterocycles. The molecule has 0 saturated carbocycles. The molecule has 3 aliphatic heterocycles. The molecular weight excluding hydrogens is 515 g/mol. The molecule has 3 amide bonds. The van der Waals surface area contributed by atoms with E-state index in [1.807, 2.05) is 0 Å². The number of carbonyl (C=O) groups is 3. The van der Waals surface area contributed by atoms with Crippen LogP contribution in [0.3, 0.4) is 0 Å². The third kappa shape index (κ3) is 5.97. The Morgan fingerprint density at radius 3 is 2.13 bits per heavy atom. The van der Waals surface area contributed by atoms with Crippen LogP contribution < -0.4 is 14.8 Å². The Morgan fingerprint density at radius 2 is 1.46 bits per heavy atom. The van der Waals surface area contributed by atoms with Crippen LogP contribution in [0, 0.1) is 5.92 Å². The van der Waals surface area contributed by atoms with E-state index < -0.39 is 23.7 Å². The van der Waals surface area contributed by atoms with E-state index in [1.54, 1.807) is 28.0 Å². The number of halogens is 3. The van der Waals surface area contributed by atoms with E-state index in [2.05, 4.69) is 5.32 Å². The average molecular weight is 546 g/mol. The number of fused-ring (bicyclic) bond motifs is 1. The van der Waals surface area contributed by atoms with Crippen LogP contribution >= 0.6 is 0 Å². The summed E-state index contributed by atoms with van der Waals surface area (Å²) >= 11 is 0. The second-order valence-corrected chi connectivity index (χ2v) is 10.1. The molecule has 0 bridgehead atoms. The average Bonchev–Trinajstić information content (AvgIpc) is 3.43. The standard InChI is InChI=1S/C28H30F3N3O5/c29-28(30,31)21-7-4-19(5-8-21)26(36)34-14-10-18(11-15-34)24(27(37)33-12-2-1-3-13-33)32-25(35)20-6-9-22-23(16-20)39-17-38-22/h4-9,16,18,24H,1-3,10-15,17H2,(H,32,35). The minimum Gasteiger partial charge on any atom is -0.454 e. The van der Waals surface area contributed by atoms with E-state index in [0.29, 0.717) is 56.1 Å². The molecule has 2 aromatic carbocycles. The minimum absolute atomic E-state index is 0.0836. The van der Waals surface area contributed by atoms with Gasteiger partial charge in [0.2, 0.25) is 12.7 Å². The number of piperidine rings is 2. The van der Waals surface area contributed by atoms with Gasteiger partial charge >= 0.3 is 6.18 Å². The normalized spacial score (nSPS) is 18.5. The number of nitrogens with one attached hydrogen (secondary N) is 1. The Bertz CT molecular complexity index is 1220.